The lowest BCUT2D eigenvalue weighted by Crippen LogP contribution is -2.42. The average molecular weight is 212 g/mol. The first-order valence-electron chi connectivity index (χ1n) is 5.51. The van der Waals surface area contributed by atoms with Gasteiger partial charge in [0.25, 0.3) is 0 Å². The van der Waals surface area contributed by atoms with E-state index in [0.29, 0.717) is 6.42 Å². The van der Waals surface area contributed by atoms with Crippen molar-refractivity contribution in [2.75, 3.05) is 7.11 Å². The Hall–Kier alpha value is -0.700. The number of Topliss-reactive ketones (excluding diaryl/α,β-unsaturated/α-hetero) is 2. The first-order valence-corrected chi connectivity index (χ1v) is 5.51. The van der Waals surface area contributed by atoms with E-state index >= 15 is 0 Å². The fourth-order valence-corrected chi connectivity index (χ4v) is 2.15. The number of carbonyl (C=O) groups is 2. The third-order valence-corrected chi connectivity index (χ3v) is 3.38. The van der Waals surface area contributed by atoms with Gasteiger partial charge in [0.1, 0.15) is 11.9 Å². The molecule has 0 spiro atoms. The maximum atomic E-state index is 12.0. The van der Waals surface area contributed by atoms with Crippen LogP contribution < -0.4 is 0 Å². The molecule has 1 aliphatic carbocycles. The lowest BCUT2D eigenvalue weighted by atomic mass is 9.69. The predicted molar refractivity (Wildman–Crippen MR) is 57.6 cm³/mol. The molecule has 0 aliphatic heterocycles. The zero-order valence-electron chi connectivity index (χ0n) is 10.0. The van der Waals surface area contributed by atoms with Crippen LogP contribution in [0.5, 0.6) is 0 Å². The molecule has 0 radical (unpaired) electrons. The maximum absolute atomic E-state index is 12.0. The van der Waals surface area contributed by atoms with Crippen molar-refractivity contribution >= 4 is 11.6 Å². The van der Waals surface area contributed by atoms with E-state index in [2.05, 4.69) is 0 Å². The van der Waals surface area contributed by atoms with Crippen molar-refractivity contribution in [3.05, 3.63) is 0 Å². The Morgan fingerprint density at radius 1 is 1.53 bits per heavy atom. The Morgan fingerprint density at radius 3 is 2.67 bits per heavy atom. The van der Waals surface area contributed by atoms with E-state index in [9.17, 15) is 9.59 Å². The molecule has 3 nitrogen and oxygen atoms in total. The zero-order chi connectivity index (χ0) is 11.6. The van der Waals surface area contributed by atoms with Crippen LogP contribution >= 0.6 is 0 Å². The normalized spacial score (nSPS) is 27.5. The molecule has 0 aromatic carbocycles. The molecule has 2 atom stereocenters. The minimum Gasteiger partial charge on any atom is -0.374 e. The molecule has 1 fully saturated rings. The van der Waals surface area contributed by atoms with Gasteiger partial charge in [-0.2, -0.15) is 0 Å². The van der Waals surface area contributed by atoms with Crippen LogP contribution in [0.25, 0.3) is 0 Å². The second-order valence-electron chi connectivity index (χ2n) is 4.97. The standard InChI is InChI=1S/C12H20O3/c1-8(15-4)10(13)9-6-5-7-12(2,3)11(9)14/h8-9H,5-7H2,1-4H3. The first kappa shape index (κ1) is 12.4. The summed E-state index contributed by atoms with van der Waals surface area (Å²) in [7, 11) is 1.50. The van der Waals surface area contributed by atoms with Crippen LogP contribution in [0.2, 0.25) is 0 Å². The highest BCUT2D eigenvalue weighted by Crippen LogP contribution is 2.36. The fraction of sp³-hybridized carbons (Fsp3) is 0.833. The summed E-state index contributed by atoms with van der Waals surface area (Å²) in [6.07, 6.45) is 2.06. The van der Waals surface area contributed by atoms with Crippen molar-refractivity contribution < 1.29 is 14.3 Å². The highest BCUT2D eigenvalue weighted by Gasteiger charge is 2.41. The molecule has 0 N–H and O–H groups in total. The molecule has 0 saturated heterocycles. The maximum Gasteiger partial charge on any atom is 0.171 e. The molecule has 1 saturated carbocycles. The van der Waals surface area contributed by atoms with Crippen LogP contribution in [0, 0.1) is 11.3 Å². The summed E-state index contributed by atoms with van der Waals surface area (Å²) in [6.45, 7) is 5.55. The lowest BCUT2D eigenvalue weighted by molar-refractivity contribution is -0.145. The van der Waals surface area contributed by atoms with Crippen LogP contribution in [-0.4, -0.2) is 24.8 Å². The van der Waals surface area contributed by atoms with Crippen molar-refractivity contribution in [1.29, 1.82) is 0 Å². The Morgan fingerprint density at radius 2 is 2.13 bits per heavy atom. The van der Waals surface area contributed by atoms with E-state index in [1.165, 1.54) is 7.11 Å². The number of methoxy groups -OCH3 is 1. The van der Waals surface area contributed by atoms with E-state index in [0.717, 1.165) is 12.8 Å². The number of carbonyl (C=O) groups excluding carboxylic acids is 2. The highest BCUT2D eigenvalue weighted by atomic mass is 16.5. The van der Waals surface area contributed by atoms with Crippen molar-refractivity contribution in [2.24, 2.45) is 11.3 Å². The SMILES string of the molecule is COC(C)C(=O)C1CCCC(C)(C)C1=O. The van der Waals surface area contributed by atoms with E-state index < -0.39 is 12.0 Å². The topological polar surface area (TPSA) is 43.4 Å². The van der Waals surface area contributed by atoms with Gasteiger partial charge in [-0.3, -0.25) is 9.59 Å². The van der Waals surface area contributed by atoms with Crippen molar-refractivity contribution in [3.63, 3.8) is 0 Å². The number of hydrogen-bond donors (Lipinski definition) is 0. The van der Waals surface area contributed by atoms with Gasteiger partial charge in [0.15, 0.2) is 5.78 Å². The van der Waals surface area contributed by atoms with E-state index in [1.54, 1.807) is 6.92 Å². The summed E-state index contributed by atoms with van der Waals surface area (Å²) in [5.74, 6) is -0.415. The summed E-state index contributed by atoms with van der Waals surface area (Å²) >= 11 is 0. The Labute approximate surface area is 91.2 Å². The molecule has 2 unspecified atom stereocenters. The summed E-state index contributed by atoms with van der Waals surface area (Å²) in [6, 6.07) is 0. The summed E-state index contributed by atoms with van der Waals surface area (Å²) in [5.41, 5.74) is -0.341. The monoisotopic (exact) mass is 212 g/mol. The largest absolute Gasteiger partial charge is 0.374 e. The quantitative estimate of drug-likeness (QED) is 0.672. The summed E-state index contributed by atoms with van der Waals surface area (Å²) < 4.78 is 4.98. The van der Waals surface area contributed by atoms with Gasteiger partial charge in [-0.05, 0) is 19.8 Å². The second-order valence-corrected chi connectivity index (χ2v) is 4.97. The van der Waals surface area contributed by atoms with E-state index in [4.69, 9.17) is 4.74 Å². The Kier molecular flexibility index (Phi) is 3.66. The number of ketones is 2. The van der Waals surface area contributed by atoms with E-state index in [1.807, 2.05) is 13.8 Å². The molecule has 0 heterocycles. The number of ether oxygens (including phenoxy) is 1. The van der Waals surface area contributed by atoms with Crippen LogP contribution in [0.15, 0.2) is 0 Å². The second kappa shape index (κ2) is 4.44. The van der Waals surface area contributed by atoms with Crippen molar-refractivity contribution in [3.8, 4) is 0 Å². The third kappa shape index (κ3) is 2.46. The molecular weight excluding hydrogens is 192 g/mol. The molecule has 3 heteroatoms. The molecule has 0 bridgehead atoms. The van der Waals surface area contributed by atoms with Crippen LogP contribution in [-0.2, 0) is 14.3 Å². The molecular formula is C12H20O3. The summed E-state index contributed by atoms with van der Waals surface area (Å²) in [4.78, 5) is 23.9. The van der Waals surface area contributed by atoms with E-state index in [-0.39, 0.29) is 17.0 Å². The molecule has 0 aromatic heterocycles. The van der Waals surface area contributed by atoms with Gasteiger partial charge in [-0.25, -0.2) is 0 Å². The Balaban J connectivity index is 2.78. The zero-order valence-corrected chi connectivity index (χ0v) is 10.0. The van der Waals surface area contributed by atoms with Gasteiger partial charge in [0.05, 0.1) is 5.92 Å². The van der Waals surface area contributed by atoms with Gasteiger partial charge in [0, 0.05) is 12.5 Å². The van der Waals surface area contributed by atoms with Crippen molar-refractivity contribution in [1.82, 2.24) is 0 Å². The third-order valence-electron chi connectivity index (χ3n) is 3.38. The minimum absolute atomic E-state index is 0.0599. The molecule has 1 rings (SSSR count). The highest BCUT2D eigenvalue weighted by molar-refractivity contribution is 6.06. The summed E-state index contributed by atoms with van der Waals surface area (Å²) in [5, 5.41) is 0. The van der Waals surface area contributed by atoms with Gasteiger partial charge in [-0.1, -0.05) is 20.3 Å². The van der Waals surface area contributed by atoms with Gasteiger partial charge in [-0.15, -0.1) is 0 Å². The molecule has 15 heavy (non-hydrogen) atoms. The molecule has 1 aliphatic rings. The average Bonchev–Trinajstić information content (AvgIpc) is 2.20. The van der Waals surface area contributed by atoms with Crippen LogP contribution in [0.1, 0.15) is 40.0 Å². The molecule has 86 valence electrons. The van der Waals surface area contributed by atoms with Crippen molar-refractivity contribution in [2.45, 2.75) is 46.1 Å². The number of hydrogen-bond acceptors (Lipinski definition) is 3. The smallest absolute Gasteiger partial charge is 0.171 e. The molecule has 0 amide bonds. The minimum atomic E-state index is -0.465. The van der Waals surface area contributed by atoms with Gasteiger partial charge in [0.2, 0.25) is 0 Å². The fourth-order valence-electron chi connectivity index (χ4n) is 2.15. The van der Waals surface area contributed by atoms with Crippen LogP contribution in [0.3, 0.4) is 0 Å². The lowest BCUT2D eigenvalue weighted by Gasteiger charge is -2.33. The van der Waals surface area contributed by atoms with Gasteiger partial charge >= 0.3 is 0 Å². The van der Waals surface area contributed by atoms with Crippen LogP contribution in [0.4, 0.5) is 0 Å². The predicted octanol–water partition coefficient (Wildman–Crippen LogP) is 1.99. The first-order chi connectivity index (χ1) is 6.90. The van der Waals surface area contributed by atoms with Gasteiger partial charge < -0.3 is 4.74 Å². The Bertz CT molecular complexity index is 268. The number of rotatable bonds is 3. The molecule has 0 aromatic rings.